The largest absolute Gasteiger partial charge is 0.0843 e. The molecule has 0 aromatic heterocycles. The van der Waals surface area contributed by atoms with Gasteiger partial charge >= 0.3 is 0 Å². The lowest BCUT2D eigenvalue weighted by molar-refractivity contribution is 0.911. The number of rotatable bonds is 2. The average molecular weight is 336 g/mol. The molecule has 98 valence electrons. The summed E-state index contributed by atoms with van der Waals surface area (Å²) in [5.74, 6) is 0. The Morgan fingerprint density at radius 1 is 1.05 bits per heavy atom. The fraction of sp³-hybridized carbons (Fsp3) is 0.294. The van der Waals surface area contributed by atoms with Crippen molar-refractivity contribution in [2.75, 3.05) is 0 Å². The summed E-state index contributed by atoms with van der Waals surface area (Å²) in [6.07, 6.45) is 3.75. The van der Waals surface area contributed by atoms with Gasteiger partial charge in [0.2, 0.25) is 0 Å². The third kappa shape index (κ3) is 2.59. The molecule has 0 N–H and O–H groups in total. The second kappa shape index (κ2) is 5.30. The van der Waals surface area contributed by atoms with Crippen LogP contribution in [-0.2, 0) is 12.8 Å². The van der Waals surface area contributed by atoms with E-state index in [1.807, 2.05) is 6.07 Å². The Kier molecular flexibility index (Phi) is 3.68. The fourth-order valence-electron chi connectivity index (χ4n) is 2.81. The van der Waals surface area contributed by atoms with Crippen molar-refractivity contribution in [1.29, 1.82) is 0 Å². The second-order valence-corrected chi connectivity index (χ2v) is 6.60. The van der Waals surface area contributed by atoms with Crippen LogP contribution in [0.3, 0.4) is 0 Å². The Bertz CT molecular complexity index is 619. The predicted molar refractivity (Wildman–Crippen MR) is 85.4 cm³/mol. The molecule has 3 rings (SSSR count). The SMILES string of the molecule is Cc1ccc(Cl)cc1C(Br)c1ccc2c(c1)CCC2. The Morgan fingerprint density at radius 3 is 2.68 bits per heavy atom. The second-order valence-electron chi connectivity index (χ2n) is 5.25. The Morgan fingerprint density at radius 2 is 1.84 bits per heavy atom. The van der Waals surface area contributed by atoms with Gasteiger partial charge in [-0.3, -0.25) is 0 Å². The molecule has 1 unspecified atom stereocenters. The van der Waals surface area contributed by atoms with Gasteiger partial charge in [-0.05, 0) is 66.1 Å². The maximum absolute atomic E-state index is 6.12. The zero-order valence-electron chi connectivity index (χ0n) is 10.9. The lowest BCUT2D eigenvalue weighted by atomic mass is 9.98. The minimum atomic E-state index is 0.220. The molecule has 0 saturated carbocycles. The number of fused-ring (bicyclic) bond motifs is 1. The van der Waals surface area contributed by atoms with E-state index < -0.39 is 0 Å². The van der Waals surface area contributed by atoms with Gasteiger partial charge in [-0.25, -0.2) is 0 Å². The molecule has 0 fully saturated rings. The van der Waals surface area contributed by atoms with Crippen LogP contribution in [0.4, 0.5) is 0 Å². The minimum Gasteiger partial charge on any atom is -0.0843 e. The summed E-state index contributed by atoms with van der Waals surface area (Å²) in [6, 6.07) is 13.0. The summed E-state index contributed by atoms with van der Waals surface area (Å²) in [4.78, 5) is 0.220. The number of aryl methyl sites for hydroxylation is 3. The van der Waals surface area contributed by atoms with Gasteiger partial charge in [0.1, 0.15) is 0 Å². The summed E-state index contributed by atoms with van der Waals surface area (Å²) in [5.41, 5.74) is 6.89. The van der Waals surface area contributed by atoms with Crippen molar-refractivity contribution >= 4 is 27.5 Å². The van der Waals surface area contributed by atoms with Gasteiger partial charge in [-0.2, -0.15) is 0 Å². The van der Waals surface area contributed by atoms with Crippen LogP contribution in [0, 0.1) is 6.92 Å². The molecule has 0 amide bonds. The van der Waals surface area contributed by atoms with Crippen LogP contribution in [-0.4, -0.2) is 0 Å². The Hall–Kier alpha value is -0.790. The third-order valence-electron chi connectivity index (χ3n) is 3.93. The highest BCUT2D eigenvalue weighted by atomic mass is 79.9. The van der Waals surface area contributed by atoms with Crippen LogP contribution in [0.2, 0.25) is 5.02 Å². The van der Waals surface area contributed by atoms with E-state index >= 15 is 0 Å². The normalized spacial score (nSPS) is 15.3. The molecular formula is C17H16BrCl. The van der Waals surface area contributed by atoms with Gasteiger partial charge in [-0.15, -0.1) is 0 Å². The molecule has 0 heterocycles. The monoisotopic (exact) mass is 334 g/mol. The first-order valence-corrected chi connectivity index (χ1v) is 7.96. The molecule has 0 nitrogen and oxygen atoms in total. The summed E-state index contributed by atoms with van der Waals surface area (Å²) >= 11 is 9.95. The van der Waals surface area contributed by atoms with Crippen LogP contribution in [0.5, 0.6) is 0 Å². The molecule has 1 atom stereocenters. The third-order valence-corrected chi connectivity index (χ3v) is 5.19. The Labute approximate surface area is 127 Å². The van der Waals surface area contributed by atoms with Crippen molar-refractivity contribution in [2.45, 2.75) is 31.0 Å². The van der Waals surface area contributed by atoms with E-state index in [-0.39, 0.29) is 4.83 Å². The molecule has 0 saturated heterocycles. The summed E-state index contributed by atoms with van der Waals surface area (Å²) in [6.45, 7) is 2.13. The molecule has 0 spiro atoms. The van der Waals surface area contributed by atoms with E-state index in [0.717, 1.165) is 5.02 Å². The van der Waals surface area contributed by atoms with Crippen molar-refractivity contribution < 1.29 is 0 Å². The van der Waals surface area contributed by atoms with Crippen LogP contribution in [0.1, 0.15) is 39.1 Å². The zero-order chi connectivity index (χ0) is 13.4. The van der Waals surface area contributed by atoms with E-state index in [4.69, 9.17) is 11.6 Å². The summed E-state index contributed by atoms with van der Waals surface area (Å²) < 4.78 is 0. The average Bonchev–Trinajstić information content (AvgIpc) is 2.88. The number of hydrogen-bond acceptors (Lipinski definition) is 0. The van der Waals surface area contributed by atoms with E-state index in [0.29, 0.717) is 0 Å². The summed E-state index contributed by atoms with van der Waals surface area (Å²) in [5, 5.41) is 0.797. The van der Waals surface area contributed by atoms with Crippen LogP contribution >= 0.6 is 27.5 Å². The minimum absolute atomic E-state index is 0.220. The molecule has 2 aromatic rings. The van der Waals surface area contributed by atoms with Crippen molar-refractivity contribution in [2.24, 2.45) is 0 Å². The molecule has 0 bridgehead atoms. The molecule has 0 radical (unpaired) electrons. The smallest absolute Gasteiger partial charge is 0.0647 e. The Balaban J connectivity index is 1.99. The molecule has 2 heteroatoms. The molecule has 0 aliphatic heterocycles. The molecule has 19 heavy (non-hydrogen) atoms. The van der Waals surface area contributed by atoms with Gasteiger partial charge in [0, 0.05) is 5.02 Å². The first kappa shape index (κ1) is 13.2. The molecular weight excluding hydrogens is 320 g/mol. The fourth-order valence-corrected chi connectivity index (χ4v) is 3.77. The van der Waals surface area contributed by atoms with Gasteiger partial charge < -0.3 is 0 Å². The quantitative estimate of drug-likeness (QED) is 0.625. The number of alkyl halides is 1. The topological polar surface area (TPSA) is 0 Å². The molecule has 1 aliphatic carbocycles. The van der Waals surface area contributed by atoms with Crippen molar-refractivity contribution in [3.8, 4) is 0 Å². The van der Waals surface area contributed by atoms with Gasteiger partial charge in [0.15, 0.2) is 0 Å². The van der Waals surface area contributed by atoms with E-state index in [2.05, 4.69) is 53.2 Å². The summed E-state index contributed by atoms with van der Waals surface area (Å²) in [7, 11) is 0. The first-order chi connectivity index (χ1) is 9.15. The van der Waals surface area contributed by atoms with Crippen molar-refractivity contribution in [3.05, 3.63) is 69.2 Å². The number of benzene rings is 2. The molecule has 1 aliphatic rings. The van der Waals surface area contributed by atoms with Crippen molar-refractivity contribution in [3.63, 3.8) is 0 Å². The molecule has 2 aromatic carbocycles. The van der Waals surface area contributed by atoms with Crippen LogP contribution < -0.4 is 0 Å². The van der Waals surface area contributed by atoms with Gasteiger partial charge in [-0.1, -0.05) is 51.8 Å². The predicted octanol–water partition coefficient (Wildman–Crippen LogP) is 5.62. The van der Waals surface area contributed by atoms with Gasteiger partial charge in [0.25, 0.3) is 0 Å². The van der Waals surface area contributed by atoms with E-state index in [1.54, 1.807) is 0 Å². The first-order valence-electron chi connectivity index (χ1n) is 6.67. The number of hydrogen-bond donors (Lipinski definition) is 0. The zero-order valence-corrected chi connectivity index (χ0v) is 13.3. The van der Waals surface area contributed by atoms with E-state index in [9.17, 15) is 0 Å². The highest BCUT2D eigenvalue weighted by molar-refractivity contribution is 9.09. The van der Waals surface area contributed by atoms with Crippen LogP contribution in [0.15, 0.2) is 36.4 Å². The highest BCUT2D eigenvalue weighted by Gasteiger charge is 2.17. The maximum Gasteiger partial charge on any atom is 0.0647 e. The standard InChI is InChI=1S/C17H16BrCl/c1-11-5-8-15(19)10-16(11)17(18)14-7-6-12-3-2-4-13(12)9-14/h5-10,17H,2-4H2,1H3. The van der Waals surface area contributed by atoms with E-state index in [1.165, 1.54) is 47.1 Å². The highest BCUT2D eigenvalue weighted by Crippen LogP contribution is 2.36. The lowest BCUT2D eigenvalue weighted by Gasteiger charge is -2.15. The van der Waals surface area contributed by atoms with Crippen molar-refractivity contribution in [1.82, 2.24) is 0 Å². The van der Waals surface area contributed by atoms with Gasteiger partial charge in [0.05, 0.1) is 4.83 Å². The lowest BCUT2D eigenvalue weighted by Crippen LogP contribution is -1.97. The maximum atomic E-state index is 6.12. The number of halogens is 2. The van der Waals surface area contributed by atoms with Crippen LogP contribution in [0.25, 0.3) is 0 Å².